The summed E-state index contributed by atoms with van der Waals surface area (Å²) in [5.74, 6) is -1.11. The summed E-state index contributed by atoms with van der Waals surface area (Å²) in [4.78, 5) is 24.5. The van der Waals surface area contributed by atoms with Gasteiger partial charge in [-0.3, -0.25) is 9.10 Å². The number of sulfonamides is 1. The van der Waals surface area contributed by atoms with Crippen LogP contribution >= 0.6 is 0 Å². The summed E-state index contributed by atoms with van der Waals surface area (Å²) in [6, 6.07) is 9.24. The molecule has 11 nitrogen and oxygen atoms in total. The van der Waals surface area contributed by atoms with E-state index in [4.69, 9.17) is 0 Å². The average molecular weight is 582 g/mol. The predicted molar refractivity (Wildman–Crippen MR) is 145 cm³/mol. The molecule has 216 valence electrons. The molecule has 0 aliphatic carbocycles. The van der Waals surface area contributed by atoms with Crippen molar-refractivity contribution in [3.8, 4) is 0 Å². The number of pyridine rings is 1. The summed E-state index contributed by atoms with van der Waals surface area (Å²) in [6.45, 7) is 3.04. The van der Waals surface area contributed by atoms with Gasteiger partial charge in [-0.25, -0.2) is 18.4 Å². The van der Waals surface area contributed by atoms with Gasteiger partial charge in [-0.05, 0) is 37.6 Å². The van der Waals surface area contributed by atoms with Crippen molar-refractivity contribution in [1.82, 2.24) is 20.3 Å². The molecule has 1 aromatic carbocycles. The molecular weight excluding hydrogens is 551 g/mol. The number of aliphatic hydroxyl groups is 1. The van der Waals surface area contributed by atoms with Gasteiger partial charge in [-0.2, -0.15) is 18.2 Å². The fourth-order valence-corrected chi connectivity index (χ4v) is 3.90. The molecule has 0 spiro atoms. The van der Waals surface area contributed by atoms with Gasteiger partial charge in [0.1, 0.15) is 17.2 Å². The van der Waals surface area contributed by atoms with Crippen molar-refractivity contribution < 1.29 is 31.5 Å². The lowest BCUT2D eigenvalue weighted by molar-refractivity contribution is -0.137. The van der Waals surface area contributed by atoms with E-state index in [2.05, 4.69) is 30.9 Å². The first-order valence-electron chi connectivity index (χ1n) is 12.0. The molecule has 0 saturated carbocycles. The maximum absolute atomic E-state index is 13.7. The van der Waals surface area contributed by atoms with Crippen LogP contribution in [0.2, 0.25) is 0 Å². The first kappa shape index (κ1) is 30.6. The van der Waals surface area contributed by atoms with Crippen LogP contribution in [-0.4, -0.2) is 59.8 Å². The number of aliphatic hydroxyl groups excluding tert-OH is 1. The molecule has 2 aromatic heterocycles. The van der Waals surface area contributed by atoms with Gasteiger partial charge in [0.25, 0.3) is 5.91 Å². The monoisotopic (exact) mass is 581 g/mol. The molecule has 1 unspecified atom stereocenters. The lowest BCUT2D eigenvalue weighted by Gasteiger charge is -2.27. The normalized spacial score (nSPS) is 13.3. The van der Waals surface area contributed by atoms with Gasteiger partial charge in [0.15, 0.2) is 0 Å². The van der Waals surface area contributed by atoms with Gasteiger partial charge in [0.2, 0.25) is 16.0 Å². The Morgan fingerprint density at radius 1 is 1.15 bits per heavy atom. The Morgan fingerprint density at radius 2 is 1.88 bits per heavy atom. The highest BCUT2D eigenvalue weighted by Gasteiger charge is 2.35. The van der Waals surface area contributed by atoms with Crippen LogP contribution in [0, 0.1) is 0 Å². The third kappa shape index (κ3) is 7.57. The maximum Gasteiger partial charge on any atom is 0.421 e. The number of nitrogens with zero attached hydrogens (tertiary/aromatic N) is 4. The quantitative estimate of drug-likeness (QED) is 0.267. The average Bonchev–Trinajstić information content (AvgIpc) is 2.90. The van der Waals surface area contributed by atoms with Crippen molar-refractivity contribution in [3.05, 3.63) is 65.5 Å². The van der Waals surface area contributed by atoms with Gasteiger partial charge in [-0.15, -0.1) is 0 Å². The number of benzene rings is 1. The minimum atomic E-state index is -4.78. The number of nitrogens with one attached hydrogen (secondary N) is 3. The van der Waals surface area contributed by atoms with Crippen LogP contribution in [0.1, 0.15) is 41.8 Å². The van der Waals surface area contributed by atoms with Crippen molar-refractivity contribution in [2.75, 3.05) is 34.8 Å². The van der Waals surface area contributed by atoms with E-state index in [1.54, 1.807) is 25.1 Å². The van der Waals surface area contributed by atoms with Crippen molar-refractivity contribution in [2.24, 2.45) is 0 Å². The molecule has 0 radical (unpaired) electrons. The second-order valence-electron chi connectivity index (χ2n) is 9.26. The van der Waals surface area contributed by atoms with E-state index in [9.17, 15) is 31.5 Å². The number of halogens is 3. The molecule has 0 fully saturated rings. The zero-order chi connectivity index (χ0) is 29.7. The van der Waals surface area contributed by atoms with Gasteiger partial charge in [0.05, 0.1) is 18.4 Å². The van der Waals surface area contributed by atoms with Gasteiger partial charge in [0, 0.05) is 42.8 Å². The van der Waals surface area contributed by atoms with E-state index in [1.807, 2.05) is 6.92 Å². The Kier molecular flexibility index (Phi) is 9.20. The topological polar surface area (TPSA) is 149 Å². The number of carbonyl (C=O) groups is 1. The minimum Gasteiger partial charge on any atom is -0.394 e. The molecule has 0 aliphatic heterocycles. The van der Waals surface area contributed by atoms with Crippen molar-refractivity contribution in [3.63, 3.8) is 0 Å². The summed E-state index contributed by atoms with van der Waals surface area (Å²) in [5.41, 5.74) is -1.04. The van der Waals surface area contributed by atoms with Crippen molar-refractivity contribution >= 4 is 39.2 Å². The third-order valence-corrected chi connectivity index (χ3v) is 7.30. The van der Waals surface area contributed by atoms with Gasteiger partial charge >= 0.3 is 6.18 Å². The van der Waals surface area contributed by atoms with Gasteiger partial charge < -0.3 is 21.1 Å². The van der Waals surface area contributed by atoms with Crippen LogP contribution in [0.3, 0.4) is 0 Å². The molecule has 15 heteroatoms. The highest BCUT2D eigenvalue weighted by Crippen LogP contribution is 2.34. The number of hydrogen-bond acceptors (Lipinski definition) is 9. The molecule has 3 aromatic rings. The number of aromatic nitrogens is 3. The van der Waals surface area contributed by atoms with Crippen LogP contribution in [0.25, 0.3) is 0 Å². The zero-order valence-corrected chi connectivity index (χ0v) is 23.1. The largest absolute Gasteiger partial charge is 0.421 e. The number of alkyl halides is 3. The molecule has 40 heavy (non-hydrogen) atoms. The Hall–Kier alpha value is -3.98. The zero-order valence-electron chi connectivity index (χ0n) is 22.2. The highest BCUT2D eigenvalue weighted by atomic mass is 32.2. The molecule has 1 atom stereocenters. The van der Waals surface area contributed by atoms with E-state index < -0.39 is 39.0 Å². The SMILES string of the molecule is CCC(C)(CO)NC(=O)c1cccc(Nc2ncc(C(F)(F)F)c(NCc3cccnc3N(C)S(C)(=O)=O)n2)c1. The second-order valence-corrected chi connectivity index (χ2v) is 11.3. The Morgan fingerprint density at radius 3 is 2.50 bits per heavy atom. The van der Waals surface area contributed by atoms with Gasteiger partial charge in [-0.1, -0.05) is 19.1 Å². The lowest BCUT2D eigenvalue weighted by Crippen LogP contribution is -2.48. The molecule has 1 amide bonds. The van der Waals surface area contributed by atoms with E-state index >= 15 is 0 Å². The first-order chi connectivity index (χ1) is 18.7. The molecule has 2 heterocycles. The molecule has 0 bridgehead atoms. The second kappa shape index (κ2) is 12.0. The Balaban J connectivity index is 1.88. The van der Waals surface area contributed by atoms with E-state index in [1.165, 1.54) is 31.4 Å². The summed E-state index contributed by atoms with van der Waals surface area (Å²) in [5, 5.41) is 17.7. The third-order valence-electron chi connectivity index (χ3n) is 6.13. The maximum atomic E-state index is 13.7. The predicted octanol–water partition coefficient (Wildman–Crippen LogP) is 3.53. The summed E-state index contributed by atoms with van der Waals surface area (Å²) < 4.78 is 66.1. The standard InChI is InChI=1S/C25H30F3N7O4S/c1-5-24(2,15-36)34-22(37)16-8-6-10-18(12-16)32-23-31-14-19(25(26,27)28)20(33-23)30-13-17-9-7-11-29-21(17)35(3)40(4,38)39/h6-12,14,36H,5,13,15H2,1-4H3,(H,34,37)(H2,30,31,32,33). The van der Waals surface area contributed by atoms with E-state index in [-0.39, 0.29) is 30.5 Å². The van der Waals surface area contributed by atoms with Crippen molar-refractivity contribution in [1.29, 1.82) is 0 Å². The summed E-state index contributed by atoms with van der Waals surface area (Å²) in [6.07, 6.45) is -1.31. The molecule has 4 N–H and O–H groups in total. The first-order valence-corrected chi connectivity index (χ1v) is 13.9. The molecular formula is C25H30F3N7O4S. The van der Waals surface area contributed by atoms with E-state index in [0.717, 1.165) is 10.6 Å². The number of amides is 1. The Bertz CT molecular complexity index is 1460. The number of rotatable bonds is 11. The summed E-state index contributed by atoms with van der Waals surface area (Å²) >= 11 is 0. The molecule has 0 saturated heterocycles. The van der Waals surface area contributed by atoms with Crippen LogP contribution < -0.4 is 20.3 Å². The highest BCUT2D eigenvalue weighted by molar-refractivity contribution is 7.92. The lowest BCUT2D eigenvalue weighted by atomic mass is 9.99. The molecule has 0 aliphatic rings. The van der Waals surface area contributed by atoms with Crippen molar-refractivity contribution in [2.45, 2.75) is 38.5 Å². The van der Waals surface area contributed by atoms with E-state index in [0.29, 0.717) is 23.9 Å². The van der Waals surface area contributed by atoms with Crippen LogP contribution in [0.15, 0.2) is 48.8 Å². The van der Waals surface area contributed by atoms with Crippen LogP contribution in [-0.2, 0) is 22.7 Å². The number of anilines is 4. The van der Waals surface area contributed by atoms with Crippen LogP contribution in [0.4, 0.5) is 36.4 Å². The van der Waals surface area contributed by atoms with Crippen LogP contribution in [0.5, 0.6) is 0 Å². The summed E-state index contributed by atoms with van der Waals surface area (Å²) in [7, 11) is -2.38. The number of carbonyl (C=O) groups excluding carboxylic acids is 1. The fourth-order valence-electron chi connectivity index (χ4n) is 3.43. The Labute approximate surface area is 229 Å². The minimum absolute atomic E-state index is 0.0499. The fraction of sp³-hybridized carbons (Fsp3) is 0.360. The smallest absolute Gasteiger partial charge is 0.394 e. The number of hydrogen-bond donors (Lipinski definition) is 4. The molecule has 3 rings (SSSR count).